The normalized spacial score (nSPS) is 5.54. The molecule has 0 aromatic rings. The summed E-state index contributed by atoms with van der Waals surface area (Å²) in [5.74, 6) is 0. The van der Waals surface area contributed by atoms with Gasteiger partial charge in [0.25, 0.3) is 0 Å². The molecule has 0 amide bonds. The standard InChI is InChI=1S/Al.Fe.6NO3/c;;6*2-1(3)4/q2*+3;6*-1. The van der Waals surface area contributed by atoms with Gasteiger partial charge >= 0.3 is 34.4 Å². The third-order valence-electron chi connectivity index (χ3n) is 0. The summed E-state index contributed by atoms with van der Waals surface area (Å²) in [6.07, 6.45) is 0. The molecule has 0 aliphatic carbocycles. The minimum atomic E-state index is -1.75. The van der Waals surface area contributed by atoms with Gasteiger partial charge in [-0.05, 0) is 0 Å². The van der Waals surface area contributed by atoms with E-state index in [9.17, 15) is 0 Å². The Hall–Kier alpha value is -3.75. The molecule has 0 rings (SSSR count). The van der Waals surface area contributed by atoms with Crippen molar-refractivity contribution in [2.24, 2.45) is 0 Å². The second-order valence-corrected chi connectivity index (χ2v) is 1.34. The van der Waals surface area contributed by atoms with Crippen molar-refractivity contribution in [3.63, 3.8) is 0 Å². The van der Waals surface area contributed by atoms with E-state index >= 15 is 0 Å². The van der Waals surface area contributed by atoms with E-state index in [1.165, 1.54) is 0 Å². The van der Waals surface area contributed by atoms with Gasteiger partial charge in [-0.2, -0.15) is 0 Å². The van der Waals surface area contributed by atoms with E-state index in [1.54, 1.807) is 0 Å². The molecule has 1 radical (unpaired) electrons. The van der Waals surface area contributed by atoms with Crippen molar-refractivity contribution in [3.05, 3.63) is 91.9 Å². The van der Waals surface area contributed by atoms with Crippen molar-refractivity contribution in [2.75, 3.05) is 0 Å². The maximum atomic E-state index is 8.25. The average Bonchev–Trinajstić information content (AvgIpc) is 2.08. The molecule has 0 heterocycles. The molecule has 0 aromatic carbocycles. The van der Waals surface area contributed by atoms with Crippen molar-refractivity contribution < 1.29 is 47.6 Å². The maximum Gasteiger partial charge on any atom is 3.00 e. The molecule has 149 valence electrons. The molecular formula is AlFeN6O18. The van der Waals surface area contributed by atoms with Gasteiger partial charge in [0.15, 0.2) is 0 Å². The summed E-state index contributed by atoms with van der Waals surface area (Å²) in [5.41, 5.74) is 0. The van der Waals surface area contributed by atoms with Gasteiger partial charge in [-0.3, -0.25) is 0 Å². The fraction of sp³-hybridized carbons (Fsp3) is 0. The van der Waals surface area contributed by atoms with Crippen LogP contribution >= 0.6 is 0 Å². The van der Waals surface area contributed by atoms with Gasteiger partial charge in [-0.1, -0.05) is 0 Å². The van der Waals surface area contributed by atoms with Crippen molar-refractivity contribution >= 4 is 17.4 Å². The smallest absolute Gasteiger partial charge is 0.356 e. The molecule has 0 aliphatic rings. The van der Waals surface area contributed by atoms with Gasteiger partial charge in [0, 0.05) is 0 Å². The molecule has 0 saturated heterocycles. The molecule has 26 heteroatoms. The van der Waals surface area contributed by atoms with Crippen LogP contribution in [0.25, 0.3) is 0 Å². The summed E-state index contributed by atoms with van der Waals surface area (Å²) < 4.78 is 0. The minimum absolute atomic E-state index is 0. The molecule has 0 unspecified atom stereocenters. The summed E-state index contributed by atoms with van der Waals surface area (Å²) in [5, 5.41) is 88.5. The quantitative estimate of drug-likeness (QED) is 0.220. The Balaban J connectivity index is -0.0000000245. The first-order valence-corrected chi connectivity index (χ1v) is 3.29. The molecular weight excluding hydrogens is 455 g/mol. The van der Waals surface area contributed by atoms with E-state index in [1.807, 2.05) is 0 Å². The van der Waals surface area contributed by atoms with Crippen molar-refractivity contribution in [1.82, 2.24) is 0 Å². The van der Waals surface area contributed by atoms with E-state index < -0.39 is 30.5 Å². The molecule has 0 aliphatic heterocycles. The monoisotopic (exact) mass is 455 g/mol. The fourth-order valence-corrected chi connectivity index (χ4v) is 0. The Morgan fingerprint density at radius 1 is 0.308 bits per heavy atom. The zero-order chi connectivity index (χ0) is 21.5. The van der Waals surface area contributed by atoms with Crippen LogP contribution in [-0.4, -0.2) is 47.9 Å². The molecule has 0 fully saturated rings. The van der Waals surface area contributed by atoms with E-state index in [-0.39, 0.29) is 34.4 Å². The first-order chi connectivity index (χ1) is 10.4. The van der Waals surface area contributed by atoms with E-state index in [4.69, 9.17) is 91.9 Å². The summed E-state index contributed by atoms with van der Waals surface area (Å²) in [6.45, 7) is 0. The number of hydrogen-bond donors (Lipinski definition) is 0. The van der Waals surface area contributed by atoms with Crippen LogP contribution in [0.4, 0.5) is 0 Å². The summed E-state index contributed by atoms with van der Waals surface area (Å²) in [6, 6.07) is 0. The fourth-order valence-electron chi connectivity index (χ4n) is 0. The van der Waals surface area contributed by atoms with Gasteiger partial charge in [0.2, 0.25) is 0 Å². The third kappa shape index (κ3) is 534. The van der Waals surface area contributed by atoms with E-state index in [0.717, 1.165) is 0 Å². The van der Waals surface area contributed by atoms with Crippen LogP contribution in [-0.2, 0) is 17.1 Å². The molecule has 0 atom stereocenters. The number of rotatable bonds is 0. The zero-order valence-corrected chi connectivity index (χ0v) is 13.2. The molecule has 24 nitrogen and oxygen atoms in total. The number of hydrogen-bond acceptors (Lipinski definition) is 18. The van der Waals surface area contributed by atoms with Crippen LogP contribution < -0.4 is 0 Å². The van der Waals surface area contributed by atoms with E-state index in [2.05, 4.69) is 0 Å². The first-order valence-electron chi connectivity index (χ1n) is 3.29. The molecule has 0 N–H and O–H groups in total. The van der Waals surface area contributed by atoms with Crippen LogP contribution in [0, 0.1) is 91.9 Å². The van der Waals surface area contributed by atoms with Crippen LogP contribution in [0.15, 0.2) is 0 Å². The third-order valence-corrected chi connectivity index (χ3v) is 0. The zero-order valence-electron chi connectivity index (χ0n) is 11.0. The Bertz CT molecular complexity index is 263. The van der Waals surface area contributed by atoms with Gasteiger partial charge in [-0.15, -0.1) is 0 Å². The number of nitrogens with zero attached hydrogens (tertiary/aromatic N) is 6. The average molecular weight is 455 g/mol. The second-order valence-electron chi connectivity index (χ2n) is 1.34. The Morgan fingerprint density at radius 3 is 0.308 bits per heavy atom. The molecule has 0 saturated carbocycles. The van der Waals surface area contributed by atoms with Crippen LogP contribution in [0.2, 0.25) is 0 Å². The summed E-state index contributed by atoms with van der Waals surface area (Å²) >= 11 is 0. The van der Waals surface area contributed by atoms with Crippen LogP contribution in [0.5, 0.6) is 0 Å². The first kappa shape index (κ1) is 49.5. The van der Waals surface area contributed by atoms with Crippen LogP contribution in [0.1, 0.15) is 0 Å². The molecule has 0 bridgehead atoms. The van der Waals surface area contributed by atoms with Crippen molar-refractivity contribution in [3.8, 4) is 0 Å². The molecule has 0 aromatic heterocycles. The molecule has 0 spiro atoms. The Labute approximate surface area is 157 Å². The minimum Gasteiger partial charge on any atom is -0.356 e. The van der Waals surface area contributed by atoms with Gasteiger partial charge in [0.1, 0.15) is 0 Å². The topological polar surface area (TPSA) is 397 Å². The Kier molecular flexibility index (Phi) is 81.7. The van der Waals surface area contributed by atoms with Gasteiger partial charge in [-0.25, -0.2) is 0 Å². The van der Waals surface area contributed by atoms with Crippen molar-refractivity contribution in [1.29, 1.82) is 0 Å². The van der Waals surface area contributed by atoms with Gasteiger partial charge < -0.3 is 91.9 Å². The second kappa shape index (κ2) is 42.9. The Morgan fingerprint density at radius 2 is 0.308 bits per heavy atom. The van der Waals surface area contributed by atoms with E-state index in [0.29, 0.717) is 0 Å². The van der Waals surface area contributed by atoms with Crippen LogP contribution in [0.3, 0.4) is 0 Å². The van der Waals surface area contributed by atoms with Gasteiger partial charge in [0.05, 0.1) is 30.5 Å². The predicted octanol–water partition coefficient (Wildman–Crippen LogP) is -1.82. The largest absolute Gasteiger partial charge is 3.00 e. The SMILES string of the molecule is O=[N+]([O-])[O-].O=[N+]([O-])[O-].O=[N+]([O-])[O-].O=[N+]([O-])[O-].O=[N+]([O-])[O-].O=[N+]([O-])[O-].[Al+3].[Fe+3]. The maximum absolute atomic E-state index is 8.25. The predicted molar refractivity (Wildman–Crippen MR) is 67.9 cm³/mol. The summed E-state index contributed by atoms with van der Waals surface area (Å²) in [4.78, 5) is 49.5. The molecule has 26 heavy (non-hydrogen) atoms. The van der Waals surface area contributed by atoms with Crippen molar-refractivity contribution in [2.45, 2.75) is 0 Å². The summed E-state index contributed by atoms with van der Waals surface area (Å²) in [7, 11) is 0.